The lowest BCUT2D eigenvalue weighted by Gasteiger charge is -2.03. The van der Waals surface area contributed by atoms with Crippen molar-refractivity contribution in [3.8, 4) is 0 Å². The number of rotatable bonds is 3. The van der Waals surface area contributed by atoms with Crippen LogP contribution in [0.3, 0.4) is 0 Å². The summed E-state index contributed by atoms with van der Waals surface area (Å²) >= 11 is 3.28. The summed E-state index contributed by atoms with van der Waals surface area (Å²) in [6.07, 6.45) is 1.89. The van der Waals surface area contributed by atoms with Gasteiger partial charge in [0.2, 0.25) is 0 Å². The molecule has 0 fully saturated rings. The number of nitro benzene ring substituents is 1. The molecule has 0 radical (unpaired) electrons. The minimum Gasteiger partial charge on any atom is -0.342 e. The van der Waals surface area contributed by atoms with E-state index < -0.39 is 0 Å². The molecular formula is C11H9BrN2O2. The SMILES string of the molecule is C=C(Br)Cn1ccc2ccc([N+](=O)[O-])cc21. The van der Waals surface area contributed by atoms with Gasteiger partial charge in [0.1, 0.15) is 0 Å². The number of halogens is 1. The van der Waals surface area contributed by atoms with Gasteiger partial charge in [-0.15, -0.1) is 0 Å². The van der Waals surface area contributed by atoms with E-state index in [2.05, 4.69) is 22.5 Å². The minimum atomic E-state index is -0.389. The van der Waals surface area contributed by atoms with Crippen molar-refractivity contribution >= 4 is 32.5 Å². The predicted octanol–water partition coefficient (Wildman–Crippen LogP) is 3.46. The lowest BCUT2D eigenvalue weighted by molar-refractivity contribution is -0.384. The molecule has 0 N–H and O–H groups in total. The monoisotopic (exact) mass is 280 g/mol. The van der Waals surface area contributed by atoms with E-state index in [9.17, 15) is 10.1 Å². The molecule has 0 unspecified atom stereocenters. The first-order chi connectivity index (χ1) is 7.58. The first kappa shape index (κ1) is 10.9. The van der Waals surface area contributed by atoms with Gasteiger partial charge in [-0.2, -0.15) is 0 Å². The van der Waals surface area contributed by atoms with Crippen molar-refractivity contribution in [2.24, 2.45) is 0 Å². The zero-order valence-corrected chi connectivity index (χ0v) is 9.98. The largest absolute Gasteiger partial charge is 0.342 e. The van der Waals surface area contributed by atoms with E-state index in [0.29, 0.717) is 6.54 Å². The lowest BCUT2D eigenvalue weighted by Crippen LogP contribution is -1.95. The number of hydrogen-bond donors (Lipinski definition) is 0. The van der Waals surface area contributed by atoms with Gasteiger partial charge in [0.05, 0.1) is 17.0 Å². The first-order valence-corrected chi connectivity index (χ1v) is 5.44. The highest BCUT2D eigenvalue weighted by Crippen LogP contribution is 2.23. The average molecular weight is 281 g/mol. The van der Waals surface area contributed by atoms with Crippen LogP contribution in [-0.4, -0.2) is 9.49 Å². The summed E-state index contributed by atoms with van der Waals surface area (Å²) in [5.41, 5.74) is 0.947. The highest BCUT2D eigenvalue weighted by molar-refractivity contribution is 9.11. The van der Waals surface area contributed by atoms with Crippen LogP contribution in [0.2, 0.25) is 0 Å². The summed E-state index contributed by atoms with van der Waals surface area (Å²) in [5, 5.41) is 11.7. The molecule has 0 bridgehead atoms. The van der Waals surface area contributed by atoms with Crippen LogP contribution in [0.1, 0.15) is 0 Å². The quantitative estimate of drug-likeness (QED) is 0.639. The number of allylic oxidation sites excluding steroid dienone is 1. The molecule has 16 heavy (non-hydrogen) atoms. The Kier molecular flexibility index (Phi) is 2.78. The molecule has 0 saturated heterocycles. The third-order valence-corrected chi connectivity index (χ3v) is 2.56. The van der Waals surface area contributed by atoms with Gasteiger partial charge in [0.15, 0.2) is 0 Å². The molecule has 0 saturated carbocycles. The molecule has 0 amide bonds. The van der Waals surface area contributed by atoms with Crippen LogP contribution in [0.15, 0.2) is 41.5 Å². The smallest absolute Gasteiger partial charge is 0.271 e. The van der Waals surface area contributed by atoms with Crippen molar-refractivity contribution in [1.29, 1.82) is 0 Å². The van der Waals surface area contributed by atoms with Crippen molar-refractivity contribution in [3.05, 3.63) is 51.6 Å². The van der Waals surface area contributed by atoms with Gasteiger partial charge in [-0.3, -0.25) is 10.1 Å². The summed E-state index contributed by atoms with van der Waals surface area (Å²) in [7, 11) is 0. The number of benzene rings is 1. The second kappa shape index (κ2) is 4.09. The molecule has 82 valence electrons. The highest BCUT2D eigenvalue weighted by Gasteiger charge is 2.08. The Morgan fingerprint density at radius 2 is 2.25 bits per heavy atom. The average Bonchev–Trinajstić information content (AvgIpc) is 2.60. The summed E-state index contributed by atoms with van der Waals surface area (Å²) in [6, 6.07) is 6.76. The summed E-state index contributed by atoms with van der Waals surface area (Å²) in [6.45, 7) is 4.36. The normalized spacial score (nSPS) is 10.6. The molecule has 2 aromatic rings. The number of nitrogens with zero attached hydrogens (tertiary/aromatic N) is 2. The number of hydrogen-bond acceptors (Lipinski definition) is 2. The van der Waals surface area contributed by atoms with Gasteiger partial charge < -0.3 is 4.57 Å². The second-order valence-corrected chi connectivity index (χ2v) is 4.58. The van der Waals surface area contributed by atoms with Crippen molar-refractivity contribution in [2.75, 3.05) is 0 Å². The molecule has 1 heterocycles. The minimum absolute atomic E-state index is 0.104. The maximum Gasteiger partial charge on any atom is 0.271 e. The summed E-state index contributed by atoms with van der Waals surface area (Å²) < 4.78 is 2.75. The molecule has 4 nitrogen and oxygen atoms in total. The van der Waals surface area contributed by atoms with Crippen molar-refractivity contribution in [2.45, 2.75) is 6.54 Å². The van der Waals surface area contributed by atoms with Gasteiger partial charge in [-0.1, -0.05) is 22.5 Å². The van der Waals surface area contributed by atoms with Crippen LogP contribution in [0.5, 0.6) is 0 Å². The molecule has 0 spiro atoms. The summed E-state index contributed by atoms with van der Waals surface area (Å²) in [5.74, 6) is 0. The number of nitro groups is 1. The van der Waals surface area contributed by atoms with E-state index >= 15 is 0 Å². The Labute approximate surface area is 100 Å². The molecule has 1 aromatic heterocycles. The number of aromatic nitrogens is 1. The lowest BCUT2D eigenvalue weighted by atomic mass is 10.2. The molecule has 0 aliphatic heterocycles. The Morgan fingerprint density at radius 3 is 2.88 bits per heavy atom. The predicted molar refractivity (Wildman–Crippen MR) is 66.7 cm³/mol. The van der Waals surface area contributed by atoms with E-state index in [0.717, 1.165) is 15.4 Å². The van der Waals surface area contributed by atoms with Crippen LogP contribution >= 0.6 is 15.9 Å². The van der Waals surface area contributed by atoms with E-state index in [-0.39, 0.29) is 10.6 Å². The van der Waals surface area contributed by atoms with Crippen LogP contribution in [0.25, 0.3) is 10.9 Å². The van der Waals surface area contributed by atoms with Crippen LogP contribution in [-0.2, 0) is 6.54 Å². The van der Waals surface area contributed by atoms with Gasteiger partial charge in [0, 0.05) is 28.2 Å². The van der Waals surface area contributed by atoms with Gasteiger partial charge in [-0.05, 0) is 12.1 Å². The third kappa shape index (κ3) is 1.99. The maximum atomic E-state index is 10.7. The van der Waals surface area contributed by atoms with Crippen LogP contribution < -0.4 is 0 Å². The Morgan fingerprint density at radius 1 is 1.50 bits per heavy atom. The number of non-ortho nitro benzene ring substituents is 1. The second-order valence-electron chi connectivity index (χ2n) is 3.46. The highest BCUT2D eigenvalue weighted by atomic mass is 79.9. The van der Waals surface area contributed by atoms with Crippen LogP contribution in [0, 0.1) is 10.1 Å². The molecule has 2 rings (SSSR count). The Bertz CT molecular complexity index is 574. The number of fused-ring (bicyclic) bond motifs is 1. The fraction of sp³-hybridized carbons (Fsp3) is 0.0909. The van der Waals surface area contributed by atoms with Gasteiger partial charge >= 0.3 is 0 Å². The van der Waals surface area contributed by atoms with Crippen molar-refractivity contribution in [1.82, 2.24) is 4.57 Å². The fourth-order valence-corrected chi connectivity index (χ4v) is 1.88. The zero-order valence-electron chi connectivity index (χ0n) is 8.39. The molecular weight excluding hydrogens is 272 g/mol. The van der Waals surface area contributed by atoms with Gasteiger partial charge in [-0.25, -0.2) is 0 Å². The van der Waals surface area contributed by atoms with Crippen molar-refractivity contribution in [3.63, 3.8) is 0 Å². The zero-order chi connectivity index (χ0) is 11.7. The van der Waals surface area contributed by atoms with Crippen LogP contribution in [0.4, 0.5) is 5.69 Å². The van der Waals surface area contributed by atoms with E-state index in [1.54, 1.807) is 12.1 Å². The Hall–Kier alpha value is -1.62. The fourth-order valence-electron chi connectivity index (χ4n) is 1.61. The third-order valence-electron chi connectivity index (χ3n) is 2.31. The maximum absolute atomic E-state index is 10.7. The first-order valence-electron chi connectivity index (χ1n) is 4.64. The summed E-state index contributed by atoms with van der Waals surface area (Å²) in [4.78, 5) is 10.3. The molecule has 0 aliphatic rings. The van der Waals surface area contributed by atoms with Gasteiger partial charge in [0.25, 0.3) is 5.69 Å². The van der Waals surface area contributed by atoms with E-state index in [1.807, 2.05) is 16.8 Å². The molecule has 0 aliphatic carbocycles. The molecule has 5 heteroatoms. The van der Waals surface area contributed by atoms with E-state index in [1.165, 1.54) is 6.07 Å². The Balaban J connectivity index is 2.55. The van der Waals surface area contributed by atoms with Crippen molar-refractivity contribution < 1.29 is 4.92 Å². The molecule has 1 aromatic carbocycles. The standard InChI is InChI=1S/C11H9BrN2O2/c1-8(12)7-13-5-4-9-2-3-10(14(15)16)6-11(9)13/h2-6H,1,7H2. The van der Waals surface area contributed by atoms with E-state index in [4.69, 9.17) is 0 Å². The topological polar surface area (TPSA) is 48.1 Å². The molecule has 0 atom stereocenters.